The van der Waals surface area contributed by atoms with Crippen molar-refractivity contribution in [3.05, 3.63) is 39.0 Å². The van der Waals surface area contributed by atoms with Gasteiger partial charge in [0.2, 0.25) is 0 Å². The Morgan fingerprint density at radius 2 is 2.03 bits per heavy atom. The van der Waals surface area contributed by atoms with Gasteiger partial charge < -0.3 is 19.7 Å². The predicted octanol–water partition coefficient (Wildman–Crippen LogP) is 2.63. The molecule has 1 atom stereocenters. The van der Waals surface area contributed by atoms with E-state index in [1.807, 2.05) is 25.7 Å². The molecule has 1 saturated heterocycles. The van der Waals surface area contributed by atoms with Crippen molar-refractivity contribution < 1.29 is 19.4 Å². The topological polar surface area (TPSA) is 98.9 Å². The molecule has 2 N–H and O–H groups in total. The van der Waals surface area contributed by atoms with E-state index in [1.165, 1.54) is 15.5 Å². The van der Waals surface area contributed by atoms with Gasteiger partial charge in [0.1, 0.15) is 16.4 Å². The van der Waals surface area contributed by atoms with Crippen LogP contribution in [0.1, 0.15) is 39.2 Å². The lowest BCUT2D eigenvalue weighted by molar-refractivity contribution is -0.0253. The summed E-state index contributed by atoms with van der Waals surface area (Å²) in [4.78, 5) is 31.8. The first-order valence-corrected chi connectivity index (χ1v) is 10.7. The molecule has 1 fully saturated rings. The Morgan fingerprint density at radius 1 is 1.39 bits per heavy atom. The number of hydrogen-bond acceptors (Lipinski definition) is 5. The van der Waals surface area contributed by atoms with Crippen molar-refractivity contribution >= 4 is 28.7 Å². The Kier molecular flexibility index (Phi) is 5.27. The minimum absolute atomic E-state index is 0.0291. The molecule has 8 nitrogen and oxygen atoms in total. The highest BCUT2D eigenvalue weighted by molar-refractivity contribution is 6.31. The number of hydrogen-bond donors (Lipinski definition) is 2. The molecule has 0 bridgehead atoms. The monoisotopic (exact) mass is 452 g/mol. The van der Waals surface area contributed by atoms with E-state index in [-0.39, 0.29) is 35.2 Å². The molecular formula is C21H26ClFN4O4. The zero-order valence-corrected chi connectivity index (χ0v) is 18.5. The number of likely N-dealkylation sites (tertiary alicyclic amines) is 1. The lowest BCUT2D eigenvalue weighted by Gasteiger charge is -2.44. The van der Waals surface area contributed by atoms with E-state index in [2.05, 4.69) is 4.98 Å². The van der Waals surface area contributed by atoms with Gasteiger partial charge in [-0.25, -0.2) is 9.18 Å². The Labute approximate surface area is 183 Å². The molecule has 0 aliphatic carbocycles. The van der Waals surface area contributed by atoms with Gasteiger partial charge in [-0.05, 0) is 39.7 Å². The van der Waals surface area contributed by atoms with Crippen LogP contribution in [0.25, 0.3) is 11.0 Å². The summed E-state index contributed by atoms with van der Waals surface area (Å²) in [5, 5.41) is 21.1. The maximum absolute atomic E-state index is 14.8. The number of rotatable bonds is 3. The number of aliphatic hydroxyl groups is 1. The number of carboxylic acid groups (broad SMARTS) is 1. The molecule has 1 amide bonds. The highest BCUT2D eigenvalue weighted by Gasteiger charge is 2.44. The van der Waals surface area contributed by atoms with Crippen molar-refractivity contribution in [1.29, 1.82) is 0 Å². The minimum atomic E-state index is -1.61. The number of piperidine rings is 1. The van der Waals surface area contributed by atoms with E-state index in [4.69, 9.17) is 11.6 Å². The van der Waals surface area contributed by atoms with Gasteiger partial charge >= 0.3 is 6.09 Å². The number of pyridine rings is 2. The molecule has 168 valence electrons. The molecule has 0 aromatic carbocycles. The van der Waals surface area contributed by atoms with Crippen molar-refractivity contribution in [1.82, 2.24) is 19.4 Å². The SMILES string of the molecule is CC(C)(C)N(C(=O)O)C1CCN(CC2(O)Cn3c(=O)c(Cl)cc4ncc(F)c2c43)CC1. The summed E-state index contributed by atoms with van der Waals surface area (Å²) in [7, 11) is 0. The lowest BCUT2D eigenvalue weighted by atomic mass is 9.92. The van der Waals surface area contributed by atoms with Gasteiger partial charge in [-0.2, -0.15) is 0 Å². The van der Waals surface area contributed by atoms with E-state index < -0.39 is 28.6 Å². The van der Waals surface area contributed by atoms with Crippen LogP contribution in [-0.2, 0) is 12.1 Å². The number of amides is 1. The summed E-state index contributed by atoms with van der Waals surface area (Å²) in [6.07, 6.45) is 1.30. The third-order valence-electron chi connectivity index (χ3n) is 6.24. The zero-order chi connectivity index (χ0) is 22.7. The van der Waals surface area contributed by atoms with Crippen molar-refractivity contribution in [3.63, 3.8) is 0 Å². The summed E-state index contributed by atoms with van der Waals surface area (Å²) in [6, 6.07) is 1.26. The van der Waals surface area contributed by atoms with Crippen molar-refractivity contribution in [2.24, 2.45) is 0 Å². The molecule has 10 heteroatoms. The second-order valence-electron chi connectivity index (χ2n) is 9.46. The van der Waals surface area contributed by atoms with Gasteiger partial charge in [0, 0.05) is 31.2 Å². The van der Waals surface area contributed by atoms with Crippen LogP contribution in [0.15, 0.2) is 17.1 Å². The number of carbonyl (C=O) groups is 1. The second kappa shape index (κ2) is 7.43. The van der Waals surface area contributed by atoms with Crippen LogP contribution < -0.4 is 5.56 Å². The highest BCUT2D eigenvalue weighted by atomic mass is 35.5. The average Bonchev–Trinajstić information content (AvgIpc) is 2.97. The zero-order valence-electron chi connectivity index (χ0n) is 17.7. The van der Waals surface area contributed by atoms with E-state index in [0.717, 1.165) is 6.20 Å². The Bertz CT molecular complexity index is 1110. The summed E-state index contributed by atoms with van der Waals surface area (Å²) in [6.45, 7) is 6.72. The smallest absolute Gasteiger partial charge is 0.407 e. The molecule has 4 heterocycles. The number of β-amino-alcohol motifs (C(OH)–C–C–N with tert-alkyl or cyclic N) is 1. The Balaban J connectivity index is 1.57. The molecule has 4 rings (SSSR count). The van der Waals surface area contributed by atoms with Gasteiger partial charge in [-0.1, -0.05) is 11.6 Å². The van der Waals surface area contributed by atoms with Crippen molar-refractivity contribution in [2.75, 3.05) is 19.6 Å². The van der Waals surface area contributed by atoms with Crippen LogP contribution in [0.4, 0.5) is 9.18 Å². The van der Waals surface area contributed by atoms with E-state index in [9.17, 15) is 24.2 Å². The van der Waals surface area contributed by atoms with Gasteiger partial charge in [0.05, 0.1) is 29.3 Å². The molecule has 31 heavy (non-hydrogen) atoms. The quantitative estimate of drug-likeness (QED) is 0.742. The maximum atomic E-state index is 14.8. The van der Waals surface area contributed by atoms with Crippen LogP contribution in [0.3, 0.4) is 0 Å². The predicted molar refractivity (Wildman–Crippen MR) is 114 cm³/mol. The Hall–Kier alpha value is -2.23. The first kappa shape index (κ1) is 22.0. The normalized spacial score (nSPS) is 22.3. The average molecular weight is 453 g/mol. The first-order valence-electron chi connectivity index (χ1n) is 10.3. The summed E-state index contributed by atoms with van der Waals surface area (Å²) in [5.74, 6) is -0.664. The van der Waals surface area contributed by atoms with E-state index >= 15 is 0 Å². The molecule has 2 aliphatic heterocycles. The lowest BCUT2D eigenvalue weighted by Crippen LogP contribution is -2.55. The van der Waals surface area contributed by atoms with E-state index in [0.29, 0.717) is 31.4 Å². The molecule has 2 aromatic heterocycles. The summed E-state index contributed by atoms with van der Waals surface area (Å²) < 4.78 is 16.1. The van der Waals surface area contributed by atoms with Crippen LogP contribution in [0.2, 0.25) is 5.02 Å². The van der Waals surface area contributed by atoms with Crippen LogP contribution in [0.5, 0.6) is 0 Å². The van der Waals surface area contributed by atoms with Gasteiger partial charge in [0.15, 0.2) is 0 Å². The highest BCUT2D eigenvalue weighted by Crippen LogP contribution is 2.39. The van der Waals surface area contributed by atoms with Gasteiger partial charge in [-0.3, -0.25) is 14.7 Å². The van der Waals surface area contributed by atoms with E-state index in [1.54, 1.807) is 0 Å². The van der Waals surface area contributed by atoms with Crippen LogP contribution in [-0.4, -0.2) is 66.9 Å². The molecule has 0 spiro atoms. The molecule has 0 saturated carbocycles. The molecule has 0 radical (unpaired) electrons. The molecule has 2 aliphatic rings. The number of nitrogens with zero attached hydrogens (tertiary/aromatic N) is 4. The first-order chi connectivity index (χ1) is 14.4. The van der Waals surface area contributed by atoms with Crippen molar-refractivity contribution in [3.8, 4) is 0 Å². The van der Waals surface area contributed by atoms with Crippen molar-refractivity contribution in [2.45, 2.75) is 57.3 Å². The fourth-order valence-corrected chi connectivity index (χ4v) is 5.25. The van der Waals surface area contributed by atoms with Gasteiger partial charge in [0.25, 0.3) is 5.56 Å². The third kappa shape index (κ3) is 3.68. The summed E-state index contributed by atoms with van der Waals surface area (Å²) >= 11 is 6.02. The largest absolute Gasteiger partial charge is 0.465 e. The second-order valence-corrected chi connectivity index (χ2v) is 9.87. The molecule has 1 unspecified atom stereocenters. The van der Waals surface area contributed by atoms with Crippen LogP contribution >= 0.6 is 11.6 Å². The fourth-order valence-electron chi connectivity index (χ4n) is 5.04. The molecule has 2 aromatic rings. The summed E-state index contributed by atoms with van der Waals surface area (Å²) in [5.41, 5.74) is -1.91. The standard InChI is InChI=1S/C21H26ClFN4O4/c1-20(2,3)27(19(29)30)12-4-6-25(7-5-12)10-21(31)11-26-17-15(8-13(22)18(26)28)24-9-14(23)16(17)21/h8-9,12,31H,4-7,10-11H2,1-3H3,(H,29,30). The van der Waals surface area contributed by atoms with Gasteiger partial charge in [-0.15, -0.1) is 0 Å². The maximum Gasteiger partial charge on any atom is 0.407 e. The Morgan fingerprint density at radius 3 is 2.61 bits per heavy atom. The number of aromatic nitrogens is 2. The fraction of sp³-hybridized carbons (Fsp3) is 0.571. The van der Waals surface area contributed by atoms with Crippen LogP contribution in [0, 0.1) is 5.82 Å². The number of halogens is 2. The third-order valence-corrected chi connectivity index (χ3v) is 6.51. The molecular weight excluding hydrogens is 427 g/mol. The minimum Gasteiger partial charge on any atom is -0.465 e.